The fourth-order valence-corrected chi connectivity index (χ4v) is 3.38. The molecule has 5 atom stereocenters. The summed E-state index contributed by atoms with van der Waals surface area (Å²) in [6.45, 7) is -0.217. The minimum absolute atomic E-state index is 0.0756. The van der Waals surface area contributed by atoms with E-state index in [1.165, 1.54) is 0 Å². The highest BCUT2D eigenvalue weighted by molar-refractivity contribution is 7.80. The number of carbonyl (C=O) groups is 4. The Labute approximate surface area is 160 Å². The first kappa shape index (κ1) is 21.4. The van der Waals surface area contributed by atoms with Crippen LogP contribution >= 0.6 is 12.6 Å². The monoisotopic (exact) mass is 404 g/mol. The number of hydrogen-bond acceptors (Lipinski definition) is 8. The Morgan fingerprint density at radius 1 is 1.19 bits per heavy atom. The second-order valence-electron chi connectivity index (χ2n) is 6.60. The molecule has 27 heavy (non-hydrogen) atoms. The van der Waals surface area contributed by atoms with Crippen molar-refractivity contribution in [3.63, 3.8) is 0 Å². The van der Waals surface area contributed by atoms with Crippen molar-refractivity contribution in [1.29, 1.82) is 0 Å². The Kier molecular flexibility index (Phi) is 7.41. The van der Waals surface area contributed by atoms with Gasteiger partial charge in [0.05, 0.1) is 24.8 Å². The lowest BCUT2D eigenvalue weighted by atomic mass is 10.2. The predicted octanol–water partition coefficient (Wildman–Crippen LogP) is -3.71. The molecule has 6 N–H and O–H groups in total. The topological polar surface area (TPSA) is 168 Å². The average Bonchev–Trinajstić information content (AvgIpc) is 3.22. The molecule has 2 aliphatic heterocycles. The van der Waals surface area contributed by atoms with Crippen molar-refractivity contribution in [2.24, 2.45) is 0 Å². The Bertz CT molecular complexity index is 605. The minimum atomic E-state index is -1.23. The number of carboxylic acids is 1. The number of aliphatic hydroxyl groups excluding tert-OH is 2. The summed E-state index contributed by atoms with van der Waals surface area (Å²) in [5.41, 5.74) is 0. The van der Waals surface area contributed by atoms with Crippen molar-refractivity contribution in [3.05, 3.63) is 0 Å². The molecule has 2 saturated heterocycles. The predicted molar refractivity (Wildman–Crippen MR) is 95.0 cm³/mol. The number of amides is 3. The fourth-order valence-electron chi connectivity index (χ4n) is 3.13. The lowest BCUT2D eigenvalue weighted by Crippen LogP contribution is -2.54. The molecule has 0 saturated carbocycles. The molecule has 2 rings (SSSR count). The number of nitrogens with one attached hydrogen (secondary N) is 3. The fraction of sp³-hybridized carbons (Fsp3) is 0.733. The van der Waals surface area contributed by atoms with E-state index in [0.717, 1.165) is 4.90 Å². The number of rotatable bonds is 7. The lowest BCUT2D eigenvalue weighted by molar-refractivity contribution is -0.149. The number of carbonyl (C=O) groups excluding carboxylic acids is 3. The number of β-amino-alcohol motifs (C(OH)–C–C–N with tert-alkyl or cyclic N) is 2. The highest BCUT2D eigenvalue weighted by Crippen LogP contribution is 2.19. The molecule has 0 aromatic carbocycles. The van der Waals surface area contributed by atoms with Crippen LogP contribution < -0.4 is 16.0 Å². The smallest absolute Gasteiger partial charge is 0.326 e. The van der Waals surface area contributed by atoms with E-state index in [4.69, 9.17) is 0 Å². The Hall–Kier alpha value is -1.89. The van der Waals surface area contributed by atoms with E-state index in [2.05, 4.69) is 28.6 Å². The van der Waals surface area contributed by atoms with Crippen LogP contribution in [-0.4, -0.2) is 99.6 Å². The minimum Gasteiger partial charge on any atom is -0.480 e. The molecule has 0 unspecified atom stereocenters. The normalized spacial score (nSPS) is 28.6. The summed E-state index contributed by atoms with van der Waals surface area (Å²) < 4.78 is 0. The van der Waals surface area contributed by atoms with Gasteiger partial charge in [-0.1, -0.05) is 0 Å². The quantitative estimate of drug-likeness (QED) is 0.213. The molecule has 12 heteroatoms. The van der Waals surface area contributed by atoms with E-state index in [0.29, 0.717) is 6.54 Å². The number of hydrogen-bond donors (Lipinski definition) is 7. The number of nitrogens with zero attached hydrogens (tertiary/aromatic N) is 1. The van der Waals surface area contributed by atoms with Crippen molar-refractivity contribution in [2.75, 3.05) is 25.4 Å². The molecule has 0 bridgehead atoms. The zero-order valence-corrected chi connectivity index (χ0v) is 15.4. The van der Waals surface area contributed by atoms with Gasteiger partial charge in [0.15, 0.2) is 0 Å². The van der Waals surface area contributed by atoms with E-state index < -0.39 is 54.0 Å². The second-order valence-corrected chi connectivity index (χ2v) is 6.97. The first-order valence-electron chi connectivity index (χ1n) is 8.53. The molecule has 0 radical (unpaired) electrons. The number of likely N-dealkylation sites (tertiary alicyclic amines) is 1. The summed E-state index contributed by atoms with van der Waals surface area (Å²) >= 11 is 4.02. The highest BCUT2D eigenvalue weighted by Gasteiger charge is 2.41. The van der Waals surface area contributed by atoms with Gasteiger partial charge < -0.3 is 36.2 Å². The van der Waals surface area contributed by atoms with Crippen LogP contribution in [0.3, 0.4) is 0 Å². The van der Waals surface area contributed by atoms with Gasteiger partial charge in [-0.2, -0.15) is 12.6 Å². The summed E-state index contributed by atoms with van der Waals surface area (Å²) in [6.07, 6.45) is -1.39. The number of aliphatic hydroxyl groups is 2. The van der Waals surface area contributed by atoms with Crippen molar-refractivity contribution in [1.82, 2.24) is 20.9 Å². The van der Waals surface area contributed by atoms with Crippen LogP contribution in [-0.2, 0) is 19.2 Å². The summed E-state index contributed by atoms with van der Waals surface area (Å²) in [7, 11) is 0. The van der Waals surface area contributed by atoms with Crippen LogP contribution in [0.2, 0.25) is 0 Å². The van der Waals surface area contributed by atoms with Crippen molar-refractivity contribution >= 4 is 36.3 Å². The zero-order chi connectivity index (χ0) is 20.1. The Balaban J connectivity index is 1.86. The maximum Gasteiger partial charge on any atom is 0.326 e. The van der Waals surface area contributed by atoms with Crippen LogP contribution in [0.25, 0.3) is 0 Å². The zero-order valence-electron chi connectivity index (χ0n) is 14.5. The summed E-state index contributed by atoms with van der Waals surface area (Å²) in [6, 6.07) is -2.83. The molecule has 2 heterocycles. The first-order valence-corrected chi connectivity index (χ1v) is 9.16. The summed E-state index contributed by atoms with van der Waals surface area (Å²) in [5, 5.41) is 35.8. The molecule has 0 spiro atoms. The van der Waals surface area contributed by atoms with Crippen molar-refractivity contribution in [3.8, 4) is 0 Å². The summed E-state index contributed by atoms with van der Waals surface area (Å²) in [5.74, 6) is -3.05. The lowest BCUT2D eigenvalue weighted by Gasteiger charge is -2.26. The third-order valence-electron chi connectivity index (χ3n) is 4.51. The maximum absolute atomic E-state index is 12.5. The second kappa shape index (κ2) is 9.35. The van der Waals surface area contributed by atoms with Crippen LogP contribution in [0.1, 0.15) is 12.8 Å². The van der Waals surface area contributed by atoms with E-state index in [1.54, 1.807) is 0 Å². The molecule has 152 valence electrons. The maximum atomic E-state index is 12.5. The largest absolute Gasteiger partial charge is 0.480 e. The van der Waals surface area contributed by atoms with Crippen molar-refractivity contribution in [2.45, 2.75) is 43.2 Å². The molecule has 2 aliphatic rings. The Morgan fingerprint density at radius 3 is 2.44 bits per heavy atom. The number of carboxylic acid groups (broad SMARTS) is 1. The average molecular weight is 404 g/mol. The number of aliphatic carboxylic acids is 1. The van der Waals surface area contributed by atoms with E-state index in [-0.39, 0.29) is 31.7 Å². The molecular weight excluding hydrogens is 380 g/mol. The van der Waals surface area contributed by atoms with Gasteiger partial charge in [-0.05, 0) is 6.42 Å². The molecule has 0 aliphatic carbocycles. The van der Waals surface area contributed by atoms with Gasteiger partial charge in [0.2, 0.25) is 17.7 Å². The summed E-state index contributed by atoms with van der Waals surface area (Å²) in [4.78, 5) is 48.7. The molecule has 11 nitrogen and oxygen atoms in total. The Morgan fingerprint density at radius 2 is 1.89 bits per heavy atom. The molecule has 0 aromatic rings. The molecule has 3 amide bonds. The standard InChI is InChI=1S/C15H24N4O7S/c20-7-1-9(16-3-7)13(23)17-4-12(22)18-10(6-27)14(24)19-5-8(21)2-11(19)15(25)26/h7-11,16,20-21,27H,1-6H2,(H,17,23)(H,18,22)(H,25,26)/t7-,8-,9+,10+,11+/m1/s1. The van der Waals surface area contributed by atoms with Crippen LogP contribution in [0.15, 0.2) is 0 Å². The van der Waals surface area contributed by atoms with Gasteiger partial charge >= 0.3 is 5.97 Å². The van der Waals surface area contributed by atoms with Gasteiger partial charge in [-0.25, -0.2) is 4.79 Å². The third-order valence-corrected chi connectivity index (χ3v) is 4.88. The third kappa shape index (κ3) is 5.54. The first-order chi connectivity index (χ1) is 12.7. The van der Waals surface area contributed by atoms with E-state index in [9.17, 15) is 34.5 Å². The molecule has 2 fully saturated rings. The van der Waals surface area contributed by atoms with Crippen molar-refractivity contribution < 1.29 is 34.5 Å². The van der Waals surface area contributed by atoms with Gasteiger partial charge in [-0.3, -0.25) is 14.4 Å². The van der Waals surface area contributed by atoms with Gasteiger partial charge in [0.25, 0.3) is 0 Å². The van der Waals surface area contributed by atoms with Gasteiger partial charge in [-0.15, -0.1) is 0 Å². The molecule has 0 aromatic heterocycles. The molecular formula is C15H24N4O7S. The highest BCUT2D eigenvalue weighted by atomic mass is 32.1. The van der Waals surface area contributed by atoms with Crippen LogP contribution in [0.5, 0.6) is 0 Å². The van der Waals surface area contributed by atoms with E-state index >= 15 is 0 Å². The van der Waals surface area contributed by atoms with Gasteiger partial charge in [0, 0.05) is 25.3 Å². The van der Waals surface area contributed by atoms with Crippen LogP contribution in [0.4, 0.5) is 0 Å². The SMILES string of the molecule is O=C(CNC(=O)[C@@H]1C[C@@H](O)CN1)N[C@@H](CS)C(=O)N1C[C@H](O)C[C@H]1C(=O)O. The van der Waals surface area contributed by atoms with Gasteiger partial charge in [0.1, 0.15) is 12.1 Å². The van der Waals surface area contributed by atoms with Crippen LogP contribution in [0, 0.1) is 0 Å². The number of thiol groups is 1. The van der Waals surface area contributed by atoms with E-state index in [1.807, 2.05) is 0 Å².